The number of fused-ring (bicyclic) bond motifs is 1. The fourth-order valence-electron chi connectivity index (χ4n) is 4.61. The van der Waals surface area contributed by atoms with Crippen LogP contribution in [0.3, 0.4) is 0 Å². The highest BCUT2D eigenvalue weighted by atomic mass is 19.1. The average Bonchev–Trinajstić information content (AvgIpc) is 3.05. The number of nitrogens with zero attached hydrogens (tertiary/aromatic N) is 1. The van der Waals surface area contributed by atoms with E-state index in [4.69, 9.17) is 5.21 Å². The normalized spacial score (nSPS) is 30.1. The van der Waals surface area contributed by atoms with Crippen LogP contribution in [0.2, 0.25) is 0 Å². The summed E-state index contributed by atoms with van der Waals surface area (Å²) in [4.78, 5) is 13.9. The molecular weight excluding hydrogens is 297 g/mol. The number of nitrogens with one attached hydrogen (secondary N) is 2. The van der Waals surface area contributed by atoms with Crippen molar-refractivity contribution in [2.24, 2.45) is 5.41 Å². The van der Waals surface area contributed by atoms with Crippen LogP contribution < -0.4 is 10.8 Å². The van der Waals surface area contributed by atoms with E-state index >= 15 is 0 Å². The van der Waals surface area contributed by atoms with Crippen LogP contribution in [0.1, 0.15) is 40.7 Å². The molecular formula is C17H22FN3O2. The minimum absolute atomic E-state index is 0.178. The number of hydrogen-bond acceptors (Lipinski definition) is 4. The Morgan fingerprint density at radius 2 is 2.30 bits per heavy atom. The predicted octanol–water partition coefficient (Wildman–Crippen LogP) is 1.44. The molecule has 2 atom stereocenters. The molecule has 1 saturated carbocycles. The second kappa shape index (κ2) is 5.54. The van der Waals surface area contributed by atoms with Gasteiger partial charge in [0.05, 0.1) is 0 Å². The van der Waals surface area contributed by atoms with E-state index in [1.54, 1.807) is 11.5 Å². The lowest BCUT2D eigenvalue weighted by Crippen LogP contribution is -2.57. The average molecular weight is 319 g/mol. The molecule has 0 bridgehead atoms. The topological polar surface area (TPSA) is 64.6 Å². The molecule has 124 valence electrons. The van der Waals surface area contributed by atoms with Crippen molar-refractivity contribution in [2.75, 3.05) is 19.6 Å². The van der Waals surface area contributed by atoms with Crippen LogP contribution in [0.25, 0.3) is 0 Å². The van der Waals surface area contributed by atoms with Crippen molar-refractivity contribution >= 4 is 5.91 Å². The molecule has 4 rings (SSSR count). The molecule has 3 aliphatic rings. The number of benzene rings is 1. The second-order valence-corrected chi connectivity index (χ2v) is 7.10. The van der Waals surface area contributed by atoms with E-state index in [-0.39, 0.29) is 11.4 Å². The lowest BCUT2D eigenvalue weighted by Gasteiger charge is -2.53. The first-order chi connectivity index (χ1) is 11.1. The maximum absolute atomic E-state index is 14.5. The number of rotatable bonds is 2. The minimum atomic E-state index is -0.663. The van der Waals surface area contributed by atoms with E-state index in [9.17, 15) is 9.18 Å². The van der Waals surface area contributed by atoms with E-state index in [0.717, 1.165) is 31.6 Å². The first-order valence-corrected chi connectivity index (χ1v) is 8.33. The first kappa shape index (κ1) is 15.1. The van der Waals surface area contributed by atoms with E-state index in [1.807, 2.05) is 0 Å². The summed E-state index contributed by atoms with van der Waals surface area (Å²) in [5, 5.41) is 12.2. The monoisotopic (exact) mass is 319 g/mol. The summed E-state index contributed by atoms with van der Waals surface area (Å²) in [6, 6.07) is 3.47. The Bertz CT molecular complexity index is 643. The van der Waals surface area contributed by atoms with Gasteiger partial charge in [0.2, 0.25) is 0 Å². The Hall–Kier alpha value is -1.50. The highest BCUT2D eigenvalue weighted by molar-refractivity contribution is 5.93. The van der Waals surface area contributed by atoms with Gasteiger partial charge in [-0.2, -0.15) is 0 Å². The highest BCUT2D eigenvalue weighted by Gasteiger charge is 2.51. The smallest absolute Gasteiger partial charge is 0.274 e. The third-order valence-corrected chi connectivity index (χ3v) is 6.02. The Balaban J connectivity index is 1.57. The van der Waals surface area contributed by atoms with Gasteiger partial charge < -0.3 is 5.32 Å². The van der Waals surface area contributed by atoms with Gasteiger partial charge in [-0.15, -0.1) is 0 Å². The zero-order valence-corrected chi connectivity index (χ0v) is 13.1. The van der Waals surface area contributed by atoms with Crippen molar-refractivity contribution in [1.29, 1.82) is 0 Å². The lowest BCUT2D eigenvalue weighted by molar-refractivity contribution is -0.0209. The number of carbonyl (C=O) groups is 1. The quantitative estimate of drug-likeness (QED) is 0.570. The molecule has 1 aliphatic carbocycles. The van der Waals surface area contributed by atoms with Crippen LogP contribution in [-0.2, 0) is 13.0 Å². The summed E-state index contributed by atoms with van der Waals surface area (Å²) >= 11 is 0. The van der Waals surface area contributed by atoms with Gasteiger partial charge in [0.25, 0.3) is 5.91 Å². The number of hydrogen-bond donors (Lipinski definition) is 3. The number of halogens is 1. The summed E-state index contributed by atoms with van der Waals surface area (Å²) in [7, 11) is 0. The van der Waals surface area contributed by atoms with Crippen LogP contribution in [0.5, 0.6) is 0 Å². The van der Waals surface area contributed by atoms with Crippen LogP contribution in [0.4, 0.5) is 4.39 Å². The van der Waals surface area contributed by atoms with E-state index in [2.05, 4.69) is 10.2 Å². The van der Waals surface area contributed by atoms with Crippen LogP contribution >= 0.6 is 0 Å². The fraction of sp³-hybridized carbons (Fsp3) is 0.588. The van der Waals surface area contributed by atoms with Crippen molar-refractivity contribution < 1.29 is 14.4 Å². The maximum atomic E-state index is 14.5. The molecule has 0 radical (unpaired) electrons. The molecule has 0 unspecified atom stereocenters. The van der Waals surface area contributed by atoms with Gasteiger partial charge in [0.15, 0.2) is 0 Å². The van der Waals surface area contributed by atoms with Crippen molar-refractivity contribution in [1.82, 2.24) is 15.7 Å². The Labute approximate surface area is 134 Å². The highest BCUT2D eigenvalue weighted by Crippen LogP contribution is 2.49. The van der Waals surface area contributed by atoms with Gasteiger partial charge in [0.1, 0.15) is 5.82 Å². The van der Waals surface area contributed by atoms with Crippen LogP contribution in [0.15, 0.2) is 12.1 Å². The Kier molecular flexibility index (Phi) is 3.63. The standard InChI is InChI=1S/C17H22FN3O2/c18-14-8-12(16(22)20-23)7-11-2-6-21(9-13(11)14)15-1-3-17(15)4-5-19-10-17/h7-8,15,19,23H,1-6,9-10H2,(H,20,22)/t15-,17+/m0/s1. The molecule has 1 amide bonds. The zero-order chi connectivity index (χ0) is 16.0. The zero-order valence-electron chi connectivity index (χ0n) is 13.1. The number of amides is 1. The maximum Gasteiger partial charge on any atom is 0.274 e. The van der Waals surface area contributed by atoms with Crippen LogP contribution in [0, 0.1) is 11.2 Å². The molecule has 2 aliphatic heterocycles. The predicted molar refractivity (Wildman–Crippen MR) is 82.7 cm³/mol. The largest absolute Gasteiger partial charge is 0.316 e. The third kappa shape index (κ3) is 2.36. The number of hydroxylamine groups is 1. The van der Waals surface area contributed by atoms with Crippen molar-refractivity contribution in [3.05, 3.63) is 34.6 Å². The summed E-state index contributed by atoms with van der Waals surface area (Å²) in [5.74, 6) is -1.01. The van der Waals surface area contributed by atoms with Crippen LogP contribution in [-0.4, -0.2) is 41.7 Å². The van der Waals surface area contributed by atoms with Crippen molar-refractivity contribution in [3.63, 3.8) is 0 Å². The molecule has 1 spiro atoms. The molecule has 6 heteroatoms. The number of carbonyl (C=O) groups excluding carboxylic acids is 1. The molecule has 2 fully saturated rings. The van der Waals surface area contributed by atoms with E-state index in [1.165, 1.54) is 25.3 Å². The molecule has 0 aromatic heterocycles. The summed E-state index contributed by atoms with van der Waals surface area (Å²) in [6.07, 6.45) is 4.44. The van der Waals surface area contributed by atoms with Gasteiger partial charge in [-0.05, 0) is 55.3 Å². The van der Waals surface area contributed by atoms with E-state index in [0.29, 0.717) is 23.6 Å². The first-order valence-electron chi connectivity index (χ1n) is 8.33. The Morgan fingerprint density at radius 3 is 2.96 bits per heavy atom. The summed E-state index contributed by atoms with van der Waals surface area (Å²) < 4.78 is 14.5. The summed E-state index contributed by atoms with van der Waals surface area (Å²) in [5.41, 5.74) is 3.74. The van der Waals surface area contributed by atoms with Gasteiger partial charge in [-0.25, -0.2) is 9.87 Å². The molecule has 1 saturated heterocycles. The molecule has 1 aromatic carbocycles. The molecule has 2 heterocycles. The molecule has 5 nitrogen and oxygen atoms in total. The minimum Gasteiger partial charge on any atom is -0.316 e. The second-order valence-electron chi connectivity index (χ2n) is 7.10. The van der Waals surface area contributed by atoms with Crippen molar-refractivity contribution in [3.8, 4) is 0 Å². The summed E-state index contributed by atoms with van der Waals surface area (Å²) in [6.45, 7) is 3.70. The van der Waals surface area contributed by atoms with E-state index < -0.39 is 5.91 Å². The molecule has 1 aromatic rings. The van der Waals surface area contributed by atoms with Gasteiger partial charge >= 0.3 is 0 Å². The third-order valence-electron chi connectivity index (χ3n) is 6.02. The molecule has 3 N–H and O–H groups in total. The van der Waals surface area contributed by atoms with Gasteiger partial charge in [0, 0.05) is 36.8 Å². The van der Waals surface area contributed by atoms with Gasteiger partial charge in [-0.3, -0.25) is 14.9 Å². The SMILES string of the molecule is O=C(NO)c1cc(F)c2c(c1)CCN([C@H]1CC[C@]13CCNC3)C2. The fourth-order valence-corrected chi connectivity index (χ4v) is 4.61. The Morgan fingerprint density at radius 1 is 1.43 bits per heavy atom. The molecule has 23 heavy (non-hydrogen) atoms. The lowest BCUT2D eigenvalue weighted by atomic mass is 9.63. The van der Waals surface area contributed by atoms with Crippen molar-refractivity contribution in [2.45, 2.75) is 38.3 Å². The van der Waals surface area contributed by atoms with Gasteiger partial charge in [-0.1, -0.05) is 0 Å².